The van der Waals surface area contributed by atoms with Gasteiger partial charge in [-0.15, -0.1) is 24.0 Å². The van der Waals surface area contributed by atoms with E-state index in [9.17, 15) is 4.79 Å². The van der Waals surface area contributed by atoms with Gasteiger partial charge in [0.1, 0.15) is 0 Å². The van der Waals surface area contributed by atoms with Crippen molar-refractivity contribution in [3.63, 3.8) is 0 Å². The Hall–Kier alpha value is -1.31. The molecule has 0 radical (unpaired) electrons. The zero-order valence-corrected chi connectivity index (χ0v) is 18.8. The third-order valence-corrected chi connectivity index (χ3v) is 5.39. The fourth-order valence-corrected chi connectivity index (χ4v) is 3.79. The van der Waals surface area contributed by atoms with Gasteiger partial charge in [-0.1, -0.05) is 37.3 Å². The van der Waals surface area contributed by atoms with E-state index in [0.717, 1.165) is 44.9 Å². The van der Waals surface area contributed by atoms with E-state index >= 15 is 0 Å². The van der Waals surface area contributed by atoms with Gasteiger partial charge in [0, 0.05) is 32.1 Å². The van der Waals surface area contributed by atoms with Gasteiger partial charge in [0.25, 0.3) is 0 Å². The number of hydrogen-bond donors (Lipinski definition) is 2. The Bertz CT molecular complexity index is 618. The van der Waals surface area contributed by atoms with Gasteiger partial charge >= 0.3 is 0 Å². The Kier molecular flexibility index (Phi) is 8.86. The lowest BCUT2D eigenvalue weighted by atomic mass is 9.82. The monoisotopic (exact) mass is 484 g/mol. The topological polar surface area (TPSA) is 56.7 Å². The normalized spacial score (nSPS) is 22.7. The van der Waals surface area contributed by atoms with Crippen molar-refractivity contribution in [3.8, 4) is 0 Å². The molecule has 1 saturated heterocycles. The van der Waals surface area contributed by atoms with Crippen LogP contribution in [0.25, 0.3) is 0 Å². The van der Waals surface area contributed by atoms with Crippen LogP contribution in [0.4, 0.5) is 0 Å². The standard InChI is InChI=1S/C21H32N4O.HI/c1-3-22-21(24-13-12-23-20(26)18-9-10-18)25-14-11-19(16(2)15-25)17-7-5-4-6-8-17;/h4-8,16,18-19H,3,9-15H2,1-2H3,(H,22,24)(H,23,26);1H. The van der Waals surface area contributed by atoms with Crippen molar-refractivity contribution >= 4 is 35.8 Å². The summed E-state index contributed by atoms with van der Waals surface area (Å²) in [4.78, 5) is 18.8. The minimum Gasteiger partial charge on any atom is -0.357 e. The molecule has 1 aliphatic carbocycles. The molecule has 1 aliphatic heterocycles. The Labute approximate surface area is 180 Å². The number of aliphatic imine (C=N–C) groups is 1. The second-order valence-electron chi connectivity index (χ2n) is 7.53. The molecule has 0 aromatic heterocycles. The molecule has 3 rings (SSSR count). The molecular formula is C21H33IN4O. The summed E-state index contributed by atoms with van der Waals surface area (Å²) in [7, 11) is 0. The summed E-state index contributed by atoms with van der Waals surface area (Å²) in [5, 5.41) is 6.40. The largest absolute Gasteiger partial charge is 0.357 e. The number of carbonyl (C=O) groups excluding carboxylic acids is 1. The van der Waals surface area contributed by atoms with Crippen LogP contribution in [0.5, 0.6) is 0 Å². The number of rotatable bonds is 6. The molecule has 27 heavy (non-hydrogen) atoms. The van der Waals surface area contributed by atoms with Crippen LogP contribution in [0, 0.1) is 11.8 Å². The highest BCUT2D eigenvalue weighted by atomic mass is 127. The maximum atomic E-state index is 11.7. The van der Waals surface area contributed by atoms with Gasteiger partial charge in [-0.05, 0) is 43.6 Å². The van der Waals surface area contributed by atoms with Crippen LogP contribution in [0.3, 0.4) is 0 Å². The number of amides is 1. The summed E-state index contributed by atoms with van der Waals surface area (Å²) in [6.07, 6.45) is 3.24. The molecule has 0 bridgehead atoms. The van der Waals surface area contributed by atoms with Crippen molar-refractivity contribution in [2.24, 2.45) is 16.8 Å². The Balaban J connectivity index is 0.00000261. The van der Waals surface area contributed by atoms with Crippen LogP contribution < -0.4 is 10.6 Å². The van der Waals surface area contributed by atoms with Gasteiger partial charge in [0.2, 0.25) is 5.91 Å². The van der Waals surface area contributed by atoms with Crippen LogP contribution in [-0.2, 0) is 4.79 Å². The molecule has 2 atom stereocenters. The molecule has 5 nitrogen and oxygen atoms in total. The van der Waals surface area contributed by atoms with Gasteiger partial charge in [0.05, 0.1) is 6.54 Å². The minimum atomic E-state index is 0. The fraction of sp³-hybridized carbons (Fsp3) is 0.619. The van der Waals surface area contributed by atoms with Crippen LogP contribution in [0.15, 0.2) is 35.3 Å². The van der Waals surface area contributed by atoms with Crippen molar-refractivity contribution in [1.82, 2.24) is 15.5 Å². The number of halogens is 1. The summed E-state index contributed by atoms with van der Waals surface area (Å²) in [6.45, 7) is 8.59. The highest BCUT2D eigenvalue weighted by Crippen LogP contribution is 2.32. The van der Waals surface area contributed by atoms with Gasteiger partial charge in [-0.25, -0.2) is 0 Å². The zero-order valence-electron chi connectivity index (χ0n) is 16.5. The lowest BCUT2D eigenvalue weighted by Crippen LogP contribution is -2.48. The first kappa shape index (κ1) is 22.0. The lowest BCUT2D eigenvalue weighted by molar-refractivity contribution is -0.122. The predicted molar refractivity (Wildman–Crippen MR) is 122 cm³/mol. The van der Waals surface area contributed by atoms with Crippen LogP contribution in [0.2, 0.25) is 0 Å². The number of piperidine rings is 1. The summed E-state index contributed by atoms with van der Waals surface area (Å²) in [5.74, 6) is 2.65. The second kappa shape index (κ2) is 10.9. The number of benzene rings is 1. The Morgan fingerprint density at radius 3 is 2.56 bits per heavy atom. The molecule has 0 spiro atoms. The van der Waals surface area contributed by atoms with E-state index in [2.05, 4.69) is 59.7 Å². The van der Waals surface area contributed by atoms with E-state index in [0.29, 0.717) is 24.9 Å². The van der Waals surface area contributed by atoms with Crippen LogP contribution in [-0.4, -0.2) is 49.5 Å². The SMILES string of the molecule is CCNC(=NCCNC(=O)C1CC1)N1CCC(c2ccccc2)C(C)C1.I. The number of likely N-dealkylation sites (tertiary alicyclic amines) is 1. The second-order valence-corrected chi connectivity index (χ2v) is 7.53. The molecule has 6 heteroatoms. The first-order valence-electron chi connectivity index (χ1n) is 10.0. The highest BCUT2D eigenvalue weighted by Gasteiger charge is 2.30. The Morgan fingerprint density at radius 2 is 1.93 bits per heavy atom. The maximum absolute atomic E-state index is 11.7. The molecule has 2 unspecified atom stereocenters. The highest BCUT2D eigenvalue weighted by molar-refractivity contribution is 14.0. The minimum absolute atomic E-state index is 0. The maximum Gasteiger partial charge on any atom is 0.223 e. The van der Waals surface area contributed by atoms with Crippen LogP contribution >= 0.6 is 24.0 Å². The van der Waals surface area contributed by atoms with Crippen molar-refractivity contribution < 1.29 is 4.79 Å². The average Bonchev–Trinajstić information content (AvgIpc) is 3.50. The van der Waals surface area contributed by atoms with Gasteiger partial charge in [0.15, 0.2) is 5.96 Å². The van der Waals surface area contributed by atoms with Gasteiger partial charge in [-0.2, -0.15) is 0 Å². The number of nitrogens with zero attached hydrogens (tertiary/aromatic N) is 2. The molecular weight excluding hydrogens is 451 g/mol. The Morgan fingerprint density at radius 1 is 1.19 bits per heavy atom. The van der Waals surface area contributed by atoms with Crippen LogP contribution in [0.1, 0.15) is 44.6 Å². The molecule has 1 aromatic rings. The first-order valence-corrected chi connectivity index (χ1v) is 10.0. The third kappa shape index (κ3) is 6.36. The fourth-order valence-electron chi connectivity index (χ4n) is 3.79. The predicted octanol–water partition coefficient (Wildman–Crippen LogP) is 3.22. The zero-order chi connectivity index (χ0) is 18.4. The van der Waals surface area contributed by atoms with E-state index in [4.69, 9.17) is 4.99 Å². The smallest absolute Gasteiger partial charge is 0.223 e. The van der Waals surface area contributed by atoms with Crippen molar-refractivity contribution in [1.29, 1.82) is 0 Å². The number of nitrogens with one attached hydrogen (secondary N) is 2. The number of hydrogen-bond acceptors (Lipinski definition) is 2. The van der Waals surface area contributed by atoms with E-state index in [-0.39, 0.29) is 35.8 Å². The lowest BCUT2D eigenvalue weighted by Gasteiger charge is -2.39. The van der Waals surface area contributed by atoms with Crippen molar-refractivity contribution in [2.45, 2.75) is 39.0 Å². The molecule has 1 heterocycles. The van der Waals surface area contributed by atoms with Gasteiger partial charge in [-0.3, -0.25) is 9.79 Å². The summed E-state index contributed by atoms with van der Waals surface area (Å²) in [5.41, 5.74) is 1.45. The quantitative estimate of drug-likeness (QED) is 0.282. The van der Waals surface area contributed by atoms with E-state index < -0.39 is 0 Å². The van der Waals surface area contributed by atoms with E-state index in [1.54, 1.807) is 0 Å². The van der Waals surface area contributed by atoms with E-state index in [1.807, 2.05) is 0 Å². The van der Waals surface area contributed by atoms with Crippen molar-refractivity contribution in [2.75, 3.05) is 32.7 Å². The molecule has 1 saturated carbocycles. The summed E-state index contributed by atoms with van der Waals surface area (Å²) >= 11 is 0. The number of carbonyl (C=O) groups is 1. The average molecular weight is 484 g/mol. The molecule has 2 aliphatic rings. The first-order chi connectivity index (χ1) is 12.7. The molecule has 1 amide bonds. The summed E-state index contributed by atoms with van der Waals surface area (Å²) in [6, 6.07) is 10.9. The molecule has 2 N–H and O–H groups in total. The summed E-state index contributed by atoms with van der Waals surface area (Å²) < 4.78 is 0. The molecule has 1 aromatic carbocycles. The van der Waals surface area contributed by atoms with E-state index in [1.165, 1.54) is 5.56 Å². The number of guanidine groups is 1. The van der Waals surface area contributed by atoms with Crippen molar-refractivity contribution in [3.05, 3.63) is 35.9 Å². The molecule has 150 valence electrons. The third-order valence-electron chi connectivity index (χ3n) is 5.39. The van der Waals surface area contributed by atoms with Gasteiger partial charge < -0.3 is 15.5 Å². The molecule has 2 fully saturated rings.